The van der Waals surface area contributed by atoms with Gasteiger partial charge in [0.25, 0.3) is 5.91 Å². The number of nitrogens with zero attached hydrogens (tertiary/aromatic N) is 2. The maximum atomic E-state index is 12.9. The largest absolute Gasteiger partial charge is 0.496 e. The first-order valence-corrected chi connectivity index (χ1v) is 8.86. The molecule has 0 saturated carbocycles. The number of benzene rings is 2. The van der Waals surface area contributed by atoms with Crippen molar-refractivity contribution in [1.29, 1.82) is 0 Å². The second-order valence-electron chi connectivity index (χ2n) is 6.09. The molecule has 7 heteroatoms. The van der Waals surface area contributed by atoms with Crippen LogP contribution in [-0.4, -0.2) is 29.5 Å². The van der Waals surface area contributed by atoms with Gasteiger partial charge in [0.15, 0.2) is 0 Å². The lowest BCUT2D eigenvalue weighted by Gasteiger charge is -2.09. The monoisotopic (exact) mass is 380 g/mol. The molecule has 0 spiro atoms. The van der Waals surface area contributed by atoms with Crippen molar-refractivity contribution in [2.75, 3.05) is 19.0 Å². The molecule has 0 bridgehead atoms. The fourth-order valence-corrected chi connectivity index (χ4v) is 2.63. The molecule has 144 valence electrons. The highest BCUT2D eigenvalue weighted by molar-refractivity contribution is 5.93. The van der Waals surface area contributed by atoms with Gasteiger partial charge < -0.3 is 15.4 Å². The summed E-state index contributed by atoms with van der Waals surface area (Å²) >= 11 is 0. The average molecular weight is 380 g/mol. The first-order chi connectivity index (χ1) is 13.7. The molecule has 1 amide bonds. The smallest absolute Gasteiger partial charge is 0.254 e. The predicted octanol–water partition coefficient (Wildman–Crippen LogP) is 3.21. The van der Waals surface area contributed by atoms with Crippen molar-refractivity contribution in [3.05, 3.63) is 83.4 Å². The Morgan fingerprint density at radius 3 is 2.50 bits per heavy atom. The highest BCUT2D eigenvalue weighted by Crippen LogP contribution is 2.16. The molecular formula is C21H21FN4O2. The van der Waals surface area contributed by atoms with E-state index >= 15 is 0 Å². The van der Waals surface area contributed by atoms with Gasteiger partial charge in [0, 0.05) is 31.0 Å². The Bertz CT molecular complexity index is 914. The van der Waals surface area contributed by atoms with Crippen molar-refractivity contribution < 1.29 is 13.9 Å². The quantitative estimate of drug-likeness (QED) is 0.628. The number of anilines is 1. The van der Waals surface area contributed by atoms with E-state index in [2.05, 4.69) is 20.6 Å². The Kier molecular flexibility index (Phi) is 6.51. The molecule has 0 fully saturated rings. The summed E-state index contributed by atoms with van der Waals surface area (Å²) < 4.78 is 18.2. The first-order valence-electron chi connectivity index (χ1n) is 8.86. The molecule has 0 radical (unpaired) electrons. The van der Waals surface area contributed by atoms with Gasteiger partial charge in [-0.15, -0.1) is 0 Å². The summed E-state index contributed by atoms with van der Waals surface area (Å²) in [6.45, 7) is 0.950. The van der Waals surface area contributed by atoms with E-state index in [1.54, 1.807) is 19.2 Å². The maximum absolute atomic E-state index is 12.9. The number of methoxy groups -OCH3 is 1. The third-order valence-corrected chi connectivity index (χ3v) is 4.16. The molecule has 1 heterocycles. The van der Waals surface area contributed by atoms with Gasteiger partial charge in [-0.1, -0.05) is 30.3 Å². The molecule has 0 saturated heterocycles. The molecule has 28 heavy (non-hydrogen) atoms. The van der Waals surface area contributed by atoms with Gasteiger partial charge in [-0.25, -0.2) is 14.4 Å². The maximum Gasteiger partial charge on any atom is 0.254 e. The fraction of sp³-hybridized carbons (Fsp3) is 0.190. The number of nitrogens with one attached hydrogen (secondary N) is 2. The SMILES string of the molecule is COc1ccccc1CNC(=O)c1cnc(NCCc2ccc(F)cc2)nc1. The van der Waals surface area contributed by atoms with Crippen molar-refractivity contribution in [3.8, 4) is 5.75 Å². The summed E-state index contributed by atoms with van der Waals surface area (Å²) in [5.41, 5.74) is 2.28. The minimum Gasteiger partial charge on any atom is -0.496 e. The van der Waals surface area contributed by atoms with Gasteiger partial charge in [-0.05, 0) is 30.2 Å². The molecule has 2 aromatic carbocycles. The molecule has 6 nitrogen and oxygen atoms in total. The number of para-hydroxylation sites is 1. The zero-order valence-corrected chi connectivity index (χ0v) is 15.5. The number of amides is 1. The van der Waals surface area contributed by atoms with E-state index in [0.717, 1.165) is 16.9 Å². The van der Waals surface area contributed by atoms with Crippen LogP contribution in [0.4, 0.5) is 10.3 Å². The van der Waals surface area contributed by atoms with Crippen LogP contribution in [0.5, 0.6) is 5.75 Å². The van der Waals surface area contributed by atoms with Crippen molar-refractivity contribution in [2.45, 2.75) is 13.0 Å². The van der Waals surface area contributed by atoms with E-state index in [9.17, 15) is 9.18 Å². The lowest BCUT2D eigenvalue weighted by molar-refractivity contribution is 0.0950. The normalized spacial score (nSPS) is 10.4. The minimum absolute atomic E-state index is 0.250. The molecule has 0 atom stereocenters. The van der Waals surface area contributed by atoms with Crippen molar-refractivity contribution in [3.63, 3.8) is 0 Å². The summed E-state index contributed by atoms with van der Waals surface area (Å²) in [6, 6.07) is 13.9. The number of hydrogen-bond donors (Lipinski definition) is 2. The Balaban J connectivity index is 1.49. The van der Waals surface area contributed by atoms with Gasteiger partial charge in [-0.3, -0.25) is 4.79 Å². The lowest BCUT2D eigenvalue weighted by Crippen LogP contribution is -2.23. The molecule has 3 aromatic rings. The van der Waals surface area contributed by atoms with E-state index in [1.165, 1.54) is 24.5 Å². The predicted molar refractivity (Wildman–Crippen MR) is 105 cm³/mol. The second-order valence-corrected chi connectivity index (χ2v) is 6.09. The molecule has 0 aliphatic heterocycles. The molecule has 0 unspecified atom stereocenters. The number of carbonyl (C=O) groups excluding carboxylic acids is 1. The Hall–Kier alpha value is -3.48. The summed E-state index contributed by atoms with van der Waals surface area (Å²) in [7, 11) is 1.59. The van der Waals surface area contributed by atoms with E-state index in [4.69, 9.17) is 4.74 Å². The number of ether oxygens (including phenoxy) is 1. The highest BCUT2D eigenvalue weighted by Gasteiger charge is 2.09. The molecule has 1 aromatic heterocycles. The lowest BCUT2D eigenvalue weighted by atomic mass is 10.1. The summed E-state index contributed by atoms with van der Waals surface area (Å²) in [4.78, 5) is 20.6. The van der Waals surface area contributed by atoms with Crippen LogP contribution in [0.3, 0.4) is 0 Å². The third kappa shape index (κ3) is 5.26. The van der Waals surface area contributed by atoms with E-state index in [1.807, 2.05) is 24.3 Å². The Labute approximate surface area is 162 Å². The summed E-state index contributed by atoms with van der Waals surface area (Å²) in [5.74, 6) is 0.645. The van der Waals surface area contributed by atoms with Crippen LogP contribution in [0.25, 0.3) is 0 Å². The van der Waals surface area contributed by atoms with Crippen LogP contribution in [0.2, 0.25) is 0 Å². The fourth-order valence-electron chi connectivity index (χ4n) is 2.63. The van der Waals surface area contributed by atoms with Gasteiger partial charge in [0.05, 0.1) is 12.7 Å². The van der Waals surface area contributed by atoms with Crippen LogP contribution < -0.4 is 15.4 Å². The van der Waals surface area contributed by atoms with E-state index in [0.29, 0.717) is 31.0 Å². The van der Waals surface area contributed by atoms with Crippen LogP contribution in [-0.2, 0) is 13.0 Å². The molecule has 0 aliphatic carbocycles. The van der Waals surface area contributed by atoms with Crippen LogP contribution in [0.1, 0.15) is 21.5 Å². The van der Waals surface area contributed by atoms with Crippen molar-refractivity contribution >= 4 is 11.9 Å². The number of halogens is 1. The van der Waals surface area contributed by atoms with Crippen LogP contribution in [0.15, 0.2) is 60.9 Å². The third-order valence-electron chi connectivity index (χ3n) is 4.16. The zero-order chi connectivity index (χ0) is 19.8. The second kappa shape index (κ2) is 9.45. The Morgan fingerprint density at radius 2 is 1.79 bits per heavy atom. The van der Waals surface area contributed by atoms with E-state index in [-0.39, 0.29) is 11.7 Å². The van der Waals surface area contributed by atoms with Gasteiger partial charge in [-0.2, -0.15) is 0 Å². The summed E-state index contributed by atoms with van der Waals surface area (Å²) in [6.07, 6.45) is 3.67. The molecule has 2 N–H and O–H groups in total. The van der Waals surface area contributed by atoms with Gasteiger partial charge >= 0.3 is 0 Å². The standard InChI is InChI=1S/C21H21FN4O2/c1-28-19-5-3-2-4-16(19)12-24-20(27)17-13-25-21(26-14-17)23-11-10-15-6-8-18(22)9-7-15/h2-9,13-14H,10-12H2,1H3,(H,24,27)(H,23,25,26). The Morgan fingerprint density at radius 1 is 1.07 bits per heavy atom. The summed E-state index contributed by atoms with van der Waals surface area (Å²) in [5, 5.41) is 5.91. The minimum atomic E-state index is -0.260. The van der Waals surface area contributed by atoms with Crippen LogP contribution >= 0.6 is 0 Å². The molecular weight excluding hydrogens is 359 g/mol. The number of aromatic nitrogens is 2. The average Bonchev–Trinajstić information content (AvgIpc) is 2.74. The molecule has 3 rings (SSSR count). The van der Waals surface area contributed by atoms with Gasteiger partial charge in [0.2, 0.25) is 5.95 Å². The molecule has 0 aliphatic rings. The van der Waals surface area contributed by atoms with Crippen molar-refractivity contribution in [2.24, 2.45) is 0 Å². The zero-order valence-electron chi connectivity index (χ0n) is 15.5. The van der Waals surface area contributed by atoms with Crippen LogP contribution in [0, 0.1) is 5.82 Å². The van der Waals surface area contributed by atoms with Gasteiger partial charge in [0.1, 0.15) is 11.6 Å². The highest BCUT2D eigenvalue weighted by atomic mass is 19.1. The first kappa shape index (κ1) is 19.3. The number of rotatable bonds is 8. The van der Waals surface area contributed by atoms with E-state index < -0.39 is 0 Å². The van der Waals surface area contributed by atoms with Crippen molar-refractivity contribution in [1.82, 2.24) is 15.3 Å². The number of carbonyl (C=O) groups is 1. The number of hydrogen-bond acceptors (Lipinski definition) is 5. The topological polar surface area (TPSA) is 76.1 Å².